The molecule has 0 atom stereocenters. The highest BCUT2D eigenvalue weighted by atomic mass is 28.2. The molecule has 0 saturated heterocycles. The predicted molar refractivity (Wildman–Crippen MR) is 53.8 cm³/mol. The smallest absolute Gasteiger partial charge is 0.147 e. The highest BCUT2D eigenvalue weighted by Gasteiger charge is 2.08. The lowest BCUT2D eigenvalue weighted by molar-refractivity contribution is 0.180. The molecule has 1 nitrogen and oxygen atoms in total. The fraction of sp³-hybridized carbons (Fsp3) is 0.778. The molecular formula is C9H20OSi. The van der Waals surface area contributed by atoms with Gasteiger partial charge in [-0.05, 0) is 20.3 Å². The molecule has 0 saturated carbocycles. The first-order chi connectivity index (χ1) is 5.12. The van der Waals surface area contributed by atoms with Crippen LogP contribution in [0.15, 0.2) is 12.2 Å². The largest absolute Gasteiger partial charge is 0.420 e. The van der Waals surface area contributed by atoms with E-state index in [9.17, 15) is 0 Å². The van der Waals surface area contributed by atoms with E-state index in [1.165, 1.54) is 19.3 Å². The summed E-state index contributed by atoms with van der Waals surface area (Å²) in [5.41, 5.74) is -0.0278. The fourth-order valence-corrected chi connectivity index (χ4v) is 0.893. The molecule has 0 spiro atoms. The summed E-state index contributed by atoms with van der Waals surface area (Å²) in [7, 11) is 0.815. The first-order valence-electron chi connectivity index (χ1n) is 4.35. The van der Waals surface area contributed by atoms with Crippen LogP contribution in [-0.4, -0.2) is 16.1 Å². The lowest BCUT2D eigenvalue weighted by Gasteiger charge is -2.18. The summed E-state index contributed by atoms with van der Waals surface area (Å²) in [5.74, 6) is 0. The van der Waals surface area contributed by atoms with Crippen LogP contribution in [0, 0.1) is 0 Å². The average molecular weight is 172 g/mol. The molecule has 0 aromatic carbocycles. The van der Waals surface area contributed by atoms with E-state index in [2.05, 4.69) is 32.9 Å². The molecule has 66 valence electrons. The summed E-state index contributed by atoms with van der Waals surface area (Å²) >= 11 is 0. The molecule has 0 aliphatic rings. The summed E-state index contributed by atoms with van der Waals surface area (Å²) in [5, 5.41) is 0. The van der Waals surface area contributed by atoms with Crippen LogP contribution >= 0.6 is 0 Å². The van der Waals surface area contributed by atoms with Crippen LogP contribution in [0.4, 0.5) is 0 Å². The maximum atomic E-state index is 5.37. The van der Waals surface area contributed by atoms with Crippen LogP contribution in [0.1, 0.15) is 40.0 Å². The zero-order valence-corrected chi connectivity index (χ0v) is 10.2. The molecule has 0 amide bonds. The summed E-state index contributed by atoms with van der Waals surface area (Å²) < 4.78 is 5.37. The van der Waals surface area contributed by atoms with Crippen molar-refractivity contribution >= 4 is 10.5 Å². The molecule has 0 aliphatic heterocycles. The van der Waals surface area contributed by atoms with Crippen molar-refractivity contribution in [1.82, 2.24) is 0 Å². The first-order valence-corrected chi connectivity index (χ1v) is 5.17. The van der Waals surface area contributed by atoms with Crippen molar-refractivity contribution in [1.29, 1.82) is 0 Å². The minimum Gasteiger partial charge on any atom is -0.420 e. The standard InChI is InChI=1S/C9H20OSi/c1-4-5-6-7-8-9(2,3)10-11/h7-8H,4-6H2,1-3,11H3/b8-7+. The Labute approximate surface area is 73.4 Å². The van der Waals surface area contributed by atoms with E-state index < -0.39 is 0 Å². The average Bonchev–Trinajstić information content (AvgIpc) is 1.99. The third kappa shape index (κ3) is 6.32. The fourth-order valence-electron chi connectivity index (χ4n) is 0.757. The Hall–Kier alpha value is -0.0831. The van der Waals surface area contributed by atoms with Crippen LogP contribution < -0.4 is 0 Å². The van der Waals surface area contributed by atoms with Gasteiger partial charge in [0.25, 0.3) is 0 Å². The van der Waals surface area contributed by atoms with Gasteiger partial charge >= 0.3 is 0 Å². The van der Waals surface area contributed by atoms with Crippen LogP contribution in [-0.2, 0) is 4.43 Å². The summed E-state index contributed by atoms with van der Waals surface area (Å²) in [6.45, 7) is 6.41. The van der Waals surface area contributed by atoms with Crippen molar-refractivity contribution in [2.24, 2.45) is 0 Å². The Morgan fingerprint density at radius 1 is 1.45 bits per heavy atom. The predicted octanol–water partition coefficient (Wildman–Crippen LogP) is 1.81. The van der Waals surface area contributed by atoms with Gasteiger partial charge in [0.05, 0.1) is 5.60 Å². The lowest BCUT2D eigenvalue weighted by atomic mass is 10.1. The van der Waals surface area contributed by atoms with E-state index in [-0.39, 0.29) is 5.60 Å². The normalized spacial score (nSPS) is 13.0. The van der Waals surface area contributed by atoms with Gasteiger partial charge in [-0.25, -0.2) is 0 Å². The SMILES string of the molecule is CCCC/C=C/C(C)(C)O[SiH3]. The summed E-state index contributed by atoms with van der Waals surface area (Å²) in [6, 6.07) is 0. The zero-order chi connectivity index (χ0) is 8.74. The van der Waals surface area contributed by atoms with Gasteiger partial charge in [-0.3, -0.25) is 0 Å². The molecule has 0 heterocycles. The minimum atomic E-state index is -0.0278. The van der Waals surface area contributed by atoms with Gasteiger partial charge in [-0.1, -0.05) is 31.9 Å². The second-order valence-electron chi connectivity index (χ2n) is 3.35. The Balaban J connectivity index is 3.55. The van der Waals surface area contributed by atoms with Gasteiger partial charge in [0.1, 0.15) is 10.5 Å². The number of unbranched alkanes of at least 4 members (excludes halogenated alkanes) is 2. The molecule has 0 unspecified atom stereocenters. The van der Waals surface area contributed by atoms with Crippen molar-refractivity contribution in [3.05, 3.63) is 12.2 Å². The van der Waals surface area contributed by atoms with Crippen LogP contribution in [0.25, 0.3) is 0 Å². The maximum absolute atomic E-state index is 5.37. The molecule has 0 aromatic heterocycles. The molecule has 2 heteroatoms. The highest BCUT2D eigenvalue weighted by molar-refractivity contribution is 5.98. The monoisotopic (exact) mass is 172 g/mol. The van der Waals surface area contributed by atoms with Crippen molar-refractivity contribution in [2.45, 2.75) is 45.6 Å². The van der Waals surface area contributed by atoms with E-state index in [0.29, 0.717) is 0 Å². The van der Waals surface area contributed by atoms with Gasteiger partial charge in [-0.15, -0.1) is 0 Å². The van der Waals surface area contributed by atoms with E-state index >= 15 is 0 Å². The minimum absolute atomic E-state index is 0.0278. The van der Waals surface area contributed by atoms with Gasteiger partial charge in [0, 0.05) is 0 Å². The molecule has 11 heavy (non-hydrogen) atoms. The van der Waals surface area contributed by atoms with Crippen LogP contribution in [0.3, 0.4) is 0 Å². The molecule has 0 aliphatic carbocycles. The highest BCUT2D eigenvalue weighted by Crippen LogP contribution is 2.09. The topological polar surface area (TPSA) is 9.23 Å². The Morgan fingerprint density at radius 2 is 2.09 bits per heavy atom. The Morgan fingerprint density at radius 3 is 2.55 bits per heavy atom. The quantitative estimate of drug-likeness (QED) is 0.349. The van der Waals surface area contributed by atoms with Gasteiger partial charge in [-0.2, -0.15) is 0 Å². The maximum Gasteiger partial charge on any atom is 0.147 e. The van der Waals surface area contributed by atoms with Crippen molar-refractivity contribution < 1.29 is 4.43 Å². The Bertz CT molecular complexity index is 119. The molecule has 0 N–H and O–H groups in total. The van der Waals surface area contributed by atoms with Crippen molar-refractivity contribution in [2.75, 3.05) is 0 Å². The van der Waals surface area contributed by atoms with Crippen LogP contribution in [0.5, 0.6) is 0 Å². The van der Waals surface area contributed by atoms with E-state index in [0.717, 1.165) is 10.5 Å². The summed E-state index contributed by atoms with van der Waals surface area (Å²) in [6.07, 6.45) is 8.13. The Kier molecular flexibility index (Phi) is 5.51. The first kappa shape index (κ1) is 10.9. The molecular weight excluding hydrogens is 152 g/mol. The van der Waals surface area contributed by atoms with Gasteiger partial charge in [0.2, 0.25) is 0 Å². The number of rotatable bonds is 5. The third-order valence-electron chi connectivity index (χ3n) is 1.77. The molecule has 0 fully saturated rings. The van der Waals surface area contributed by atoms with E-state index in [4.69, 9.17) is 4.43 Å². The molecule has 0 aromatic rings. The number of hydrogen-bond acceptors (Lipinski definition) is 1. The van der Waals surface area contributed by atoms with E-state index in [1.54, 1.807) is 0 Å². The molecule has 0 radical (unpaired) electrons. The molecule has 0 rings (SSSR count). The van der Waals surface area contributed by atoms with Gasteiger partial charge in [0.15, 0.2) is 0 Å². The summed E-state index contributed by atoms with van der Waals surface area (Å²) in [4.78, 5) is 0. The second-order valence-corrected chi connectivity index (χ2v) is 3.76. The number of allylic oxidation sites excluding steroid dienone is 1. The third-order valence-corrected chi connectivity index (χ3v) is 2.82. The van der Waals surface area contributed by atoms with E-state index in [1.807, 2.05) is 0 Å². The molecule has 0 bridgehead atoms. The lowest BCUT2D eigenvalue weighted by Crippen LogP contribution is -2.19. The van der Waals surface area contributed by atoms with Crippen LogP contribution in [0.2, 0.25) is 0 Å². The second kappa shape index (κ2) is 5.55. The zero-order valence-electron chi connectivity index (χ0n) is 8.18. The van der Waals surface area contributed by atoms with Gasteiger partial charge < -0.3 is 4.43 Å². The van der Waals surface area contributed by atoms with Crippen molar-refractivity contribution in [3.63, 3.8) is 0 Å². The van der Waals surface area contributed by atoms with Crippen molar-refractivity contribution in [3.8, 4) is 0 Å². The number of hydrogen-bond donors (Lipinski definition) is 0.